The van der Waals surface area contributed by atoms with Gasteiger partial charge in [0.05, 0.1) is 0 Å². The van der Waals surface area contributed by atoms with Crippen LogP contribution in [0.15, 0.2) is 72.8 Å². The van der Waals surface area contributed by atoms with E-state index in [1.807, 2.05) is 48.5 Å². The predicted octanol–water partition coefficient (Wildman–Crippen LogP) is 4.43. The summed E-state index contributed by atoms with van der Waals surface area (Å²) < 4.78 is 0. The van der Waals surface area contributed by atoms with Crippen LogP contribution in [-0.2, 0) is 0 Å². The van der Waals surface area contributed by atoms with Gasteiger partial charge < -0.3 is 10.2 Å². The van der Waals surface area contributed by atoms with Gasteiger partial charge in [-0.05, 0) is 52.6 Å². The molecule has 3 rings (SSSR count). The number of rotatable bonds is 2. The van der Waals surface area contributed by atoms with Crippen LogP contribution >= 0.6 is 0 Å². The van der Waals surface area contributed by atoms with Gasteiger partial charge in [0.15, 0.2) is 0 Å². The average molecular weight is 262 g/mol. The fraction of sp³-hybridized carbons (Fsp3) is 0. The highest BCUT2D eigenvalue weighted by molar-refractivity contribution is 5.75. The van der Waals surface area contributed by atoms with Crippen LogP contribution in [0, 0.1) is 0 Å². The number of aromatic hydroxyl groups is 2. The smallest absolute Gasteiger partial charge is 0.116 e. The quantitative estimate of drug-likeness (QED) is 0.717. The molecule has 20 heavy (non-hydrogen) atoms. The van der Waals surface area contributed by atoms with Crippen LogP contribution in [0.25, 0.3) is 22.3 Å². The first kappa shape index (κ1) is 12.3. The first-order valence-electron chi connectivity index (χ1n) is 6.41. The minimum atomic E-state index is 0.231. The van der Waals surface area contributed by atoms with E-state index in [1.54, 1.807) is 24.3 Å². The highest BCUT2D eigenvalue weighted by Gasteiger charge is 2.04. The molecule has 0 fully saturated rings. The molecule has 0 atom stereocenters. The number of phenolic OH excluding ortho intramolecular Hbond substituents is 2. The Morgan fingerprint density at radius 2 is 1.00 bits per heavy atom. The Balaban J connectivity index is 2.09. The largest absolute Gasteiger partial charge is 0.508 e. The Hall–Kier alpha value is -2.74. The molecule has 2 nitrogen and oxygen atoms in total. The second kappa shape index (κ2) is 5.10. The van der Waals surface area contributed by atoms with E-state index in [1.165, 1.54) is 0 Å². The summed E-state index contributed by atoms with van der Waals surface area (Å²) in [6.07, 6.45) is 0. The van der Waals surface area contributed by atoms with Crippen molar-refractivity contribution in [1.82, 2.24) is 0 Å². The van der Waals surface area contributed by atoms with Crippen LogP contribution in [0.4, 0.5) is 0 Å². The van der Waals surface area contributed by atoms with E-state index in [-0.39, 0.29) is 11.5 Å². The van der Waals surface area contributed by atoms with Gasteiger partial charge >= 0.3 is 0 Å². The Kier molecular flexibility index (Phi) is 3.13. The molecule has 0 saturated carbocycles. The van der Waals surface area contributed by atoms with E-state index in [9.17, 15) is 10.2 Å². The zero-order valence-corrected chi connectivity index (χ0v) is 10.8. The van der Waals surface area contributed by atoms with E-state index >= 15 is 0 Å². The van der Waals surface area contributed by atoms with Crippen molar-refractivity contribution in [2.75, 3.05) is 0 Å². The van der Waals surface area contributed by atoms with Gasteiger partial charge in [0.2, 0.25) is 0 Å². The summed E-state index contributed by atoms with van der Waals surface area (Å²) in [7, 11) is 0. The lowest BCUT2D eigenvalue weighted by Crippen LogP contribution is -1.82. The lowest BCUT2D eigenvalue weighted by Gasteiger charge is -2.08. The molecule has 0 amide bonds. The molecule has 2 N–H and O–H groups in total. The summed E-state index contributed by atoms with van der Waals surface area (Å²) in [6, 6.07) is 22.4. The maximum Gasteiger partial charge on any atom is 0.116 e. The van der Waals surface area contributed by atoms with Crippen molar-refractivity contribution in [2.24, 2.45) is 0 Å². The SMILES string of the molecule is Oc1ccc(-c2cc(O)cc(-c3ccccc3)c2)cc1. The first-order valence-corrected chi connectivity index (χ1v) is 6.41. The molecule has 0 unspecified atom stereocenters. The summed E-state index contributed by atoms with van der Waals surface area (Å²) in [5, 5.41) is 19.3. The van der Waals surface area contributed by atoms with Crippen molar-refractivity contribution in [1.29, 1.82) is 0 Å². The number of hydrogen-bond donors (Lipinski definition) is 2. The number of phenols is 2. The summed E-state index contributed by atoms with van der Waals surface area (Å²) in [5.74, 6) is 0.464. The topological polar surface area (TPSA) is 40.5 Å². The van der Waals surface area contributed by atoms with Gasteiger partial charge in [-0.3, -0.25) is 0 Å². The first-order chi connectivity index (χ1) is 9.72. The van der Waals surface area contributed by atoms with Crippen LogP contribution in [0.2, 0.25) is 0 Å². The number of benzene rings is 3. The highest BCUT2D eigenvalue weighted by Crippen LogP contribution is 2.31. The van der Waals surface area contributed by atoms with Gasteiger partial charge in [0, 0.05) is 0 Å². The second-order valence-corrected chi connectivity index (χ2v) is 4.68. The maximum absolute atomic E-state index is 9.92. The molecule has 3 aromatic rings. The number of hydrogen-bond acceptors (Lipinski definition) is 2. The van der Waals surface area contributed by atoms with Gasteiger partial charge in [-0.15, -0.1) is 0 Å². The van der Waals surface area contributed by atoms with E-state index in [0.717, 1.165) is 22.3 Å². The lowest BCUT2D eigenvalue weighted by atomic mass is 9.98. The third kappa shape index (κ3) is 2.50. The third-order valence-electron chi connectivity index (χ3n) is 3.23. The zero-order chi connectivity index (χ0) is 13.9. The van der Waals surface area contributed by atoms with Crippen molar-refractivity contribution < 1.29 is 10.2 Å². The van der Waals surface area contributed by atoms with Crippen molar-refractivity contribution >= 4 is 0 Å². The van der Waals surface area contributed by atoms with E-state index in [2.05, 4.69) is 0 Å². The van der Waals surface area contributed by atoms with Crippen LogP contribution in [0.1, 0.15) is 0 Å². The molecule has 0 heterocycles. The normalized spacial score (nSPS) is 10.4. The summed E-state index contributed by atoms with van der Waals surface area (Å²) in [4.78, 5) is 0. The zero-order valence-electron chi connectivity index (χ0n) is 10.8. The Bertz CT molecular complexity index is 716. The monoisotopic (exact) mass is 262 g/mol. The fourth-order valence-electron chi connectivity index (χ4n) is 2.23. The van der Waals surface area contributed by atoms with Crippen LogP contribution in [0.3, 0.4) is 0 Å². The van der Waals surface area contributed by atoms with Crippen LogP contribution in [0.5, 0.6) is 11.5 Å². The highest BCUT2D eigenvalue weighted by atomic mass is 16.3. The van der Waals surface area contributed by atoms with Gasteiger partial charge in [-0.1, -0.05) is 42.5 Å². The molecule has 0 saturated heterocycles. The van der Waals surface area contributed by atoms with Crippen molar-refractivity contribution in [2.45, 2.75) is 0 Å². The molecule has 0 bridgehead atoms. The molecule has 0 aliphatic rings. The van der Waals surface area contributed by atoms with Crippen molar-refractivity contribution in [3.8, 4) is 33.8 Å². The third-order valence-corrected chi connectivity index (χ3v) is 3.23. The minimum Gasteiger partial charge on any atom is -0.508 e. The molecular formula is C18H14O2. The molecular weight excluding hydrogens is 248 g/mol. The summed E-state index contributed by atoms with van der Waals surface area (Å²) in [6.45, 7) is 0. The van der Waals surface area contributed by atoms with Crippen LogP contribution in [-0.4, -0.2) is 10.2 Å². The Morgan fingerprint density at radius 1 is 0.450 bits per heavy atom. The Morgan fingerprint density at radius 3 is 1.60 bits per heavy atom. The molecule has 0 radical (unpaired) electrons. The molecule has 2 heteroatoms. The molecule has 98 valence electrons. The lowest BCUT2D eigenvalue weighted by molar-refractivity contribution is 0.475. The predicted molar refractivity (Wildman–Crippen MR) is 80.6 cm³/mol. The molecule has 3 aromatic carbocycles. The summed E-state index contributed by atoms with van der Waals surface area (Å²) >= 11 is 0. The van der Waals surface area contributed by atoms with Gasteiger partial charge in [0.1, 0.15) is 11.5 Å². The van der Waals surface area contributed by atoms with E-state index in [0.29, 0.717) is 0 Å². The molecule has 0 aliphatic heterocycles. The van der Waals surface area contributed by atoms with Crippen LogP contribution < -0.4 is 0 Å². The van der Waals surface area contributed by atoms with E-state index < -0.39 is 0 Å². The Labute approximate surface area is 117 Å². The van der Waals surface area contributed by atoms with Gasteiger partial charge in [-0.2, -0.15) is 0 Å². The fourth-order valence-corrected chi connectivity index (χ4v) is 2.23. The summed E-state index contributed by atoms with van der Waals surface area (Å²) in [5.41, 5.74) is 3.90. The average Bonchev–Trinajstić information content (AvgIpc) is 2.48. The van der Waals surface area contributed by atoms with Gasteiger partial charge in [-0.25, -0.2) is 0 Å². The molecule has 0 spiro atoms. The molecule has 0 aromatic heterocycles. The minimum absolute atomic E-state index is 0.231. The van der Waals surface area contributed by atoms with E-state index in [4.69, 9.17) is 0 Å². The maximum atomic E-state index is 9.92. The molecule has 0 aliphatic carbocycles. The second-order valence-electron chi connectivity index (χ2n) is 4.68. The van der Waals surface area contributed by atoms with Gasteiger partial charge in [0.25, 0.3) is 0 Å². The van der Waals surface area contributed by atoms with Crippen molar-refractivity contribution in [3.05, 3.63) is 72.8 Å². The van der Waals surface area contributed by atoms with Crippen molar-refractivity contribution in [3.63, 3.8) is 0 Å². The standard InChI is InChI=1S/C18H14O2/c19-17-8-6-14(7-9-17)16-10-15(11-18(20)12-16)13-4-2-1-3-5-13/h1-12,19-20H.